The van der Waals surface area contributed by atoms with Crippen molar-refractivity contribution in [1.29, 1.82) is 5.26 Å². The Bertz CT molecular complexity index is 769. The zero-order chi connectivity index (χ0) is 14.1. The highest BCUT2D eigenvalue weighted by atomic mass is 35.5. The van der Waals surface area contributed by atoms with E-state index in [-0.39, 0.29) is 11.2 Å². The molecule has 0 unspecified atom stereocenters. The molecule has 2 aromatic heterocycles. The summed E-state index contributed by atoms with van der Waals surface area (Å²) in [6.45, 7) is 1.96. The molecule has 0 radical (unpaired) electrons. The number of nitrogens with one attached hydrogen (secondary N) is 1. The Morgan fingerprint density at radius 3 is 3.00 bits per heavy atom. The van der Waals surface area contributed by atoms with Crippen LogP contribution in [0, 0.1) is 11.3 Å². The molecule has 1 aromatic carbocycles. The lowest BCUT2D eigenvalue weighted by Crippen LogP contribution is -2.05. The van der Waals surface area contributed by atoms with Gasteiger partial charge in [0.2, 0.25) is 0 Å². The van der Waals surface area contributed by atoms with E-state index in [1.54, 1.807) is 0 Å². The van der Waals surface area contributed by atoms with E-state index in [9.17, 15) is 0 Å². The van der Waals surface area contributed by atoms with Gasteiger partial charge in [-0.2, -0.15) is 9.64 Å². The summed E-state index contributed by atoms with van der Waals surface area (Å²) in [7, 11) is 0. The van der Waals surface area contributed by atoms with E-state index in [1.807, 2.05) is 37.3 Å². The minimum atomic E-state index is -0.0778. The number of nitriles is 1. The van der Waals surface area contributed by atoms with Gasteiger partial charge in [-0.1, -0.05) is 29.8 Å². The lowest BCUT2D eigenvalue weighted by molar-refractivity contribution is 0.526. The first-order valence-electron chi connectivity index (χ1n) is 5.99. The van der Waals surface area contributed by atoms with Crippen LogP contribution in [0.15, 0.2) is 34.7 Å². The Kier molecular flexibility index (Phi) is 3.35. The normalized spacial score (nSPS) is 12.2. The maximum absolute atomic E-state index is 9.05. The average molecular weight is 304 g/mol. The summed E-state index contributed by atoms with van der Waals surface area (Å²) >= 11 is 7.03. The number of hydrogen-bond acceptors (Lipinski definition) is 5. The van der Waals surface area contributed by atoms with Crippen molar-refractivity contribution >= 4 is 39.1 Å². The molecule has 4 nitrogen and oxygen atoms in total. The van der Waals surface area contributed by atoms with Gasteiger partial charge in [-0.15, -0.1) is 0 Å². The fraction of sp³-hybridized carbons (Fsp3) is 0.143. The van der Waals surface area contributed by atoms with Gasteiger partial charge in [0.05, 0.1) is 6.04 Å². The summed E-state index contributed by atoms with van der Waals surface area (Å²) < 4.78 is 9.76. The maximum Gasteiger partial charge on any atom is 0.162 e. The Morgan fingerprint density at radius 1 is 1.45 bits per heavy atom. The Morgan fingerprint density at radius 2 is 2.25 bits per heavy atom. The van der Waals surface area contributed by atoms with E-state index in [4.69, 9.17) is 21.3 Å². The SMILES string of the molecule is C[C@@H](Nc1snc(Cl)c1C#N)c1cc2ccccc2o1. The molecule has 6 heteroatoms. The second-order valence-electron chi connectivity index (χ2n) is 4.34. The lowest BCUT2D eigenvalue weighted by atomic mass is 10.2. The van der Waals surface area contributed by atoms with Crippen molar-refractivity contribution in [1.82, 2.24) is 4.37 Å². The molecule has 0 aliphatic carbocycles. The highest BCUT2D eigenvalue weighted by molar-refractivity contribution is 7.10. The van der Waals surface area contributed by atoms with Crippen molar-refractivity contribution in [3.63, 3.8) is 0 Å². The molecule has 0 aliphatic heterocycles. The van der Waals surface area contributed by atoms with Crippen molar-refractivity contribution in [2.45, 2.75) is 13.0 Å². The van der Waals surface area contributed by atoms with Gasteiger partial charge >= 0.3 is 0 Å². The molecule has 3 rings (SSSR count). The van der Waals surface area contributed by atoms with E-state index in [1.165, 1.54) is 11.5 Å². The first-order chi connectivity index (χ1) is 9.69. The van der Waals surface area contributed by atoms with Crippen molar-refractivity contribution in [2.24, 2.45) is 0 Å². The molecule has 0 fully saturated rings. The third kappa shape index (κ3) is 2.24. The van der Waals surface area contributed by atoms with Crippen LogP contribution in [-0.4, -0.2) is 4.37 Å². The number of furan rings is 1. The van der Waals surface area contributed by atoms with Crippen molar-refractivity contribution in [3.8, 4) is 6.07 Å². The minimum Gasteiger partial charge on any atom is -0.459 e. The zero-order valence-corrected chi connectivity index (χ0v) is 12.1. The maximum atomic E-state index is 9.05. The molecule has 0 bridgehead atoms. The number of rotatable bonds is 3. The third-order valence-electron chi connectivity index (χ3n) is 2.98. The van der Waals surface area contributed by atoms with Crippen LogP contribution in [-0.2, 0) is 0 Å². The number of aromatic nitrogens is 1. The Balaban J connectivity index is 1.89. The van der Waals surface area contributed by atoms with Gasteiger partial charge in [0.25, 0.3) is 0 Å². The molecule has 3 aromatic rings. The molecule has 1 atom stereocenters. The number of para-hydroxylation sites is 1. The second-order valence-corrected chi connectivity index (χ2v) is 5.47. The average Bonchev–Trinajstić information content (AvgIpc) is 3.02. The third-order valence-corrected chi connectivity index (χ3v) is 4.13. The topological polar surface area (TPSA) is 61.9 Å². The van der Waals surface area contributed by atoms with Crippen LogP contribution < -0.4 is 5.32 Å². The predicted molar refractivity (Wildman–Crippen MR) is 80.1 cm³/mol. The number of fused-ring (bicyclic) bond motifs is 1. The first kappa shape index (κ1) is 13.0. The van der Waals surface area contributed by atoms with Gasteiger partial charge in [0.15, 0.2) is 5.15 Å². The van der Waals surface area contributed by atoms with Crippen LogP contribution in [0.1, 0.15) is 24.3 Å². The van der Waals surface area contributed by atoms with Gasteiger partial charge in [-0.25, -0.2) is 0 Å². The summed E-state index contributed by atoms with van der Waals surface area (Å²) in [6, 6.07) is 11.8. The van der Waals surface area contributed by atoms with Gasteiger partial charge in [0.1, 0.15) is 28.0 Å². The molecule has 100 valence electrons. The second kappa shape index (κ2) is 5.16. The molecular formula is C14H10ClN3OS. The molecule has 20 heavy (non-hydrogen) atoms. The van der Waals surface area contributed by atoms with Gasteiger partial charge in [0, 0.05) is 5.39 Å². The lowest BCUT2D eigenvalue weighted by Gasteiger charge is -2.10. The quantitative estimate of drug-likeness (QED) is 0.769. The molecule has 1 N–H and O–H groups in total. The molecule has 2 heterocycles. The molecule has 0 saturated carbocycles. The van der Waals surface area contributed by atoms with Crippen LogP contribution in [0.3, 0.4) is 0 Å². The highest BCUT2D eigenvalue weighted by Gasteiger charge is 2.17. The van der Waals surface area contributed by atoms with E-state index in [2.05, 4.69) is 15.8 Å². The Labute approximate surface area is 124 Å². The number of hydrogen-bond donors (Lipinski definition) is 1. The summed E-state index contributed by atoms with van der Waals surface area (Å²) in [6.07, 6.45) is 0. The fourth-order valence-corrected chi connectivity index (χ4v) is 2.97. The van der Waals surface area contributed by atoms with Crippen LogP contribution in [0.25, 0.3) is 11.0 Å². The standard InChI is InChI=1S/C14H10ClN3OS/c1-8(17-14-10(7-16)13(15)18-20-14)12-6-9-4-2-3-5-11(9)19-12/h2-6,8,17H,1H3/t8-/m1/s1. The Hall–Kier alpha value is -2.03. The van der Waals surface area contributed by atoms with E-state index in [0.717, 1.165) is 16.7 Å². The zero-order valence-electron chi connectivity index (χ0n) is 10.6. The molecule has 0 spiro atoms. The monoisotopic (exact) mass is 303 g/mol. The van der Waals surface area contributed by atoms with Crippen LogP contribution in [0.2, 0.25) is 5.15 Å². The molecule has 0 saturated heterocycles. The summed E-state index contributed by atoms with van der Waals surface area (Å²) in [5.41, 5.74) is 1.22. The smallest absolute Gasteiger partial charge is 0.162 e. The summed E-state index contributed by atoms with van der Waals surface area (Å²) in [5, 5.41) is 14.2. The molecular weight excluding hydrogens is 294 g/mol. The van der Waals surface area contributed by atoms with E-state index in [0.29, 0.717) is 10.6 Å². The van der Waals surface area contributed by atoms with Crippen LogP contribution >= 0.6 is 23.1 Å². The van der Waals surface area contributed by atoms with Crippen molar-refractivity contribution in [2.75, 3.05) is 5.32 Å². The molecule has 0 amide bonds. The molecule has 0 aliphatic rings. The summed E-state index contributed by atoms with van der Waals surface area (Å²) in [5.74, 6) is 0.805. The van der Waals surface area contributed by atoms with Crippen molar-refractivity contribution in [3.05, 3.63) is 46.8 Å². The number of benzene rings is 1. The van der Waals surface area contributed by atoms with Crippen LogP contribution in [0.5, 0.6) is 0 Å². The van der Waals surface area contributed by atoms with Crippen molar-refractivity contribution < 1.29 is 4.42 Å². The summed E-state index contributed by atoms with van der Waals surface area (Å²) in [4.78, 5) is 0. The number of anilines is 1. The van der Waals surface area contributed by atoms with Gasteiger partial charge in [-0.3, -0.25) is 0 Å². The van der Waals surface area contributed by atoms with Gasteiger partial charge < -0.3 is 9.73 Å². The first-order valence-corrected chi connectivity index (χ1v) is 7.14. The van der Waals surface area contributed by atoms with E-state index >= 15 is 0 Å². The number of halogens is 1. The fourth-order valence-electron chi connectivity index (χ4n) is 1.95. The van der Waals surface area contributed by atoms with E-state index < -0.39 is 0 Å². The van der Waals surface area contributed by atoms with Crippen LogP contribution in [0.4, 0.5) is 5.00 Å². The largest absolute Gasteiger partial charge is 0.459 e. The predicted octanol–water partition coefficient (Wildman–Crippen LogP) is 4.59. The number of nitrogens with zero attached hydrogens (tertiary/aromatic N) is 2. The minimum absolute atomic E-state index is 0.0778. The van der Waals surface area contributed by atoms with Gasteiger partial charge in [-0.05, 0) is 30.6 Å². The highest BCUT2D eigenvalue weighted by Crippen LogP contribution is 2.32.